The minimum absolute atomic E-state index is 0.0427. The number of nitrogens with one attached hydrogen (secondary N) is 2. The largest absolute Gasteiger partial charge is 0.412 e. The average Bonchev–Trinajstić information content (AvgIpc) is 2.55. The normalized spacial score (nSPS) is 22.2. The summed E-state index contributed by atoms with van der Waals surface area (Å²) in [6, 6.07) is -0.0936. The molecule has 1 atom stereocenters. The van der Waals surface area contributed by atoms with Crippen LogP contribution in [-0.4, -0.2) is 18.5 Å². The van der Waals surface area contributed by atoms with Gasteiger partial charge in [0.2, 0.25) is 0 Å². The van der Waals surface area contributed by atoms with Crippen LogP contribution in [0.1, 0.15) is 13.8 Å². The van der Waals surface area contributed by atoms with E-state index in [-0.39, 0.29) is 22.6 Å². The number of rotatable bonds is 3. The van der Waals surface area contributed by atoms with E-state index in [1.807, 2.05) is 6.92 Å². The second-order valence-corrected chi connectivity index (χ2v) is 3.52. The van der Waals surface area contributed by atoms with Crippen LogP contribution >= 0.6 is 11.6 Å². The molecule has 0 aromatic rings. The predicted molar refractivity (Wildman–Crippen MR) is 60.7 cm³/mol. The standard InChI is InChI=1S/C9H13ClN4O/c1-4-6(5(2)15-14-4)8(11)7(10)9(12)13-3/h4,11,14H,3,12H2,1-2H3/b9-7+,11-8?. The zero-order valence-electron chi connectivity index (χ0n) is 8.60. The zero-order chi connectivity index (χ0) is 11.6. The third-order valence-corrected chi connectivity index (χ3v) is 2.47. The number of halogens is 1. The predicted octanol–water partition coefficient (Wildman–Crippen LogP) is 1.27. The van der Waals surface area contributed by atoms with Crippen molar-refractivity contribution in [2.45, 2.75) is 19.9 Å². The fourth-order valence-corrected chi connectivity index (χ4v) is 1.47. The van der Waals surface area contributed by atoms with Crippen molar-refractivity contribution in [3.05, 3.63) is 22.2 Å². The number of nitrogens with zero attached hydrogens (tertiary/aromatic N) is 1. The highest BCUT2D eigenvalue weighted by molar-refractivity contribution is 6.46. The molecule has 0 fully saturated rings. The third kappa shape index (κ3) is 2.19. The smallest absolute Gasteiger partial charge is 0.143 e. The van der Waals surface area contributed by atoms with E-state index in [1.54, 1.807) is 6.92 Å². The van der Waals surface area contributed by atoms with Crippen LogP contribution in [0.25, 0.3) is 0 Å². The highest BCUT2D eigenvalue weighted by atomic mass is 35.5. The van der Waals surface area contributed by atoms with Gasteiger partial charge in [0.05, 0.1) is 11.8 Å². The van der Waals surface area contributed by atoms with Gasteiger partial charge in [-0.15, -0.1) is 5.48 Å². The molecule has 4 N–H and O–H groups in total. The molecule has 0 bridgehead atoms. The van der Waals surface area contributed by atoms with Crippen LogP contribution in [0.3, 0.4) is 0 Å². The summed E-state index contributed by atoms with van der Waals surface area (Å²) < 4.78 is 0. The van der Waals surface area contributed by atoms with Gasteiger partial charge in [-0.25, -0.2) is 4.99 Å². The van der Waals surface area contributed by atoms with Crippen molar-refractivity contribution in [1.29, 1.82) is 5.41 Å². The van der Waals surface area contributed by atoms with E-state index < -0.39 is 0 Å². The topological polar surface area (TPSA) is 83.5 Å². The summed E-state index contributed by atoms with van der Waals surface area (Å²) in [5.74, 6) is 0.656. The van der Waals surface area contributed by atoms with Crippen LogP contribution in [0.4, 0.5) is 0 Å². The van der Waals surface area contributed by atoms with E-state index >= 15 is 0 Å². The highest BCUT2D eigenvalue weighted by Gasteiger charge is 2.26. The molecule has 0 aromatic carbocycles. The van der Waals surface area contributed by atoms with E-state index in [0.717, 1.165) is 0 Å². The summed E-state index contributed by atoms with van der Waals surface area (Å²) in [7, 11) is 0. The molecule has 1 unspecified atom stereocenters. The molecule has 0 spiro atoms. The summed E-state index contributed by atoms with van der Waals surface area (Å²) in [4.78, 5) is 8.56. The van der Waals surface area contributed by atoms with E-state index in [1.165, 1.54) is 0 Å². The van der Waals surface area contributed by atoms with Crippen molar-refractivity contribution in [3.63, 3.8) is 0 Å². The van der Waals surface area contributed by atoms with Crippen LogP contribution in [0.5, 0.6) is 0 Å². The summed E-state index contributed by atoms with van der Waals surface area (Å²) in [6.07, 6.45) is 0. The lowest BCUT2D eigenvalue weighted by Gasteiger charge is -2.08. The minimum Gasteiger partial charge on any atom is -0.412 e. The molecular formula is C9H13ClN4O. The van der Waals surface area contributed by atoms with Gasteiger partial charge in [0.25, 0.3) is 0 Å². The first kappa shape index (κ1) is 11.7. The Kier molecular flexibility index (Phi) is 3.49. The first-order valence-corrected chi connectivity index (χ1v) is 4.71. The molecule has 82 valence electrons. The van der Waals surface area contributed by atoms with Crippen molar-refractivity contribution >= 4 is 24.0 Å². The van der Waals surface area contributed by atoms with Crippen molar-refractivity contribution < 1.29 is 4.84 Å². The number of nitrogens with two attached hydrogens (primary N) is 1. The Bertz CT molecular complexity index is 372. The van der Waals surface area contributed by atoms with Gasteiger partial charge in [-0.3, -0.25) is 5.41 Å². The quantitative estimate of drug-likeness (QED) is 0.636. The zero-order valence-corrected chi connectivity index (χ0v) is 9.35. The number of hydrogen-bond acceptors (Lipinski definition) is 5. The number of hydrogen-bond donors (Lipinski definition) is 3. The lowest BCUT2D eigenvalue weighted by atomic mass is 10.0. The van der Waals surface area contributed by atoms with E-state index in [2.05, 4.69) is 17.2 Å². The van der Waals surface area contributed by atoms with Gasteiger partial charge >= 0.3 is 0 Å². The van der Waals surface area contributed by atoms with Gasteiger partial charge in [0.1, 0.15) is 16.6 Å². The molecule has 0 aliphatic carbocycles. The Labute approximate surface area is 93.1 Å². The Balaban J connectivity index is 3.05. The summed E-state index contributed by atoms with van der Waals surface area (Å²) in [6.45, 7) is 6.87. The SMILES string of the molecule is C=N/C(N)=C(/Cl)C(=N)C1=C(C)ONC1C. The molecule has 6 heteroatoms. The molecule has 0 amide bonds. The van der Waals surface area contributed by atoms with Crippen LogP contribution in [-0.2, 0) is 4.84 Å². The molecule has 0 radical (unpaired) electrons. The summed E-state index contributed by atoms with van der Waals surface area (Å²) >= 11 is 5.87. The molecular weight excluding hydrogens is 216 g/mol. The Morgan fingerprint density at radius 3 is 2.73 bits per heavy atom. The maximum absolute atomic E-state index is 7.85. The summed E-state index contributed by atoms with van der Waals surface area (Å²) in [5, 5.41) is 7.93. The van der Waals surface area contributed by atoms with Crippen LogP contribution in [0.2, 0.25) is 0 Å². The molecule has 0 aromatic heterocycles. The molecule has 5 nitrogen and oxygen atoms in total. The van der Waals surface area contributed by atoms with Crippen LogP contribution in [0, 0.1) is 5.41 Å². The van der Waals surface area contributed by atoms with Crippen molar-refractivity contribution in [1.82, 2.24) is 5.48 Å². The second-order valence-electron chi connectivity index (χ2n) is 3.14. The van der Waals surface area contributed by atoms with Gasteiger partial charge < -0.3 is 10.6 Å². The van der Waals surface area contributed by atoms with Gasteiger partial charge in [-0.05, 0) is 20.6 Å². The number of allylic oxidation sites excluding steroid dienone is 2. The maximum Gasteiger partial charge on any atom is 0.143 e. The number of aliphatic imine (C=N–C) groups is 1. The Morgan fingerprint density at radius 2 is 2.33 bits per heavy atom. The van der Waals surface area contributed by atoms with Crippen LogP contribution < -0.4 is 11.2 Å². The summed E-state index contributed by atoms with van der Waals surface area (Å²) in [5.41, 5.74) is 8.98. The second kappa shape index (κ2) is 4.46. The lowest BCUT2D eigenvalue weighted by molar-refractivity contribution is 0.121. The highest BCUT2D eigenvalue weighted by Crippen LogP contribution is 2.23. The van der Waals surface area contributed by atoms with Crippen molar-refractivity contribution in [3.8, 4) is 0 Å². The van der Waals surface area contributed by atoms with Gasteiger partial charge in [0, 0.05) is 5.57 Å². The fraction of sp³-hybridized carbons (Fsp3) is 0.333. The lowest BCUT2D eigenvalue weighted by Crippen LogP contribution is -2.23. The van der Waals surface area contributed by atoms with E-state index in [9.17, 15) is 0 Å². The van der Waals surface area contributed by atoms with Crippen molar-refractivity contribution in [2.75, 3.05) is 0 Å². The fourth-order valence-electron chi connectivity index (χ4n) is 1.30. The van der Waals surface area contributed by atoms with E-state index in [4.69, 9.17) is 27.6 Å². The first-order valence-electron chi connectivity index (χ1n) is 4.33. The molecule has 0 saturated carbocycles. The molecule has 1 heterocycles. The first-order chi connectivity index (χ1) is 6.99. The van der Waals surface area contributed by atoms with Gasteiger partial charge in [-0.2, -0.15) is 0 Å². The minimum atomic E-state index is -0.0936. The Morgan fingerprint density at radius 1 is 1.73 bits per heavy atom. The number of hydroxylamine groups is 1. The molecule has 0 saturated heterocycles. The van der Waals surface area contributed by atoms with Crippen LogP contribution in [0.15, 0.2) is 27.2 Å². The third-order valence-electron chi connectivity index (χ3n) is 2.09. The maximum atomic E-state index is 7.85. The van der Waals surface area contributed by atoms with Gasteiger partial charge in [0.15, 0.2) is 0 Å². The molecule has 1 aliphatic rings. The van der Waals surface area contributed by atoms with Crippen molar-refractivity contribution in [2.24, 2.45) is 10.7 Å². The van der Waals surface area contributed by atoms with Gasteiger partial charge in [-0.1, -0.05) is 11.6 Å². The molecule has 1 aliphatic heterocycles. The molecule has 1 rings (SSSR count). The Hall–Kier alpha value is -1.33. The average molecular weight is 229 g/mol. The molecule has 15 heavy (non-hydrogen) atoms. The monoisotopic (exact) mass is 228 g/mol. The van der Waals surface area contributed by atoms with E-state index in [0.29, 0.717) is 11.3 Å².